The maximum absolute atomic E-state index is 2.70. The Balaban J connectivity index is 0.000000810. The molecule has 0 saturated carbocycles. The van der Waals surface area contributed by atoms with Crippen molar-refractivity contribution in [2.45, 2.75) is 13.8 Å². The molecule has 0 N–H and O–H groups in total. The third-order valence-corrected chi connectivity index (χ3v) is 1.58. The zero-order valence-electron chi connectivity index (χ0n) is 6.22. The third kappa shape index (κ3) is 2.68. The summed E-state index contributed by atoms with van der Waals surface area (Å²) in [6.07, 6.45) is 0. The average molecular weight is 175 g/mol. The lowest BCUT2D eigenvalue weighted by Crippen LogP contribution is -1.91. The van der Waals surface area contributed by atoms with Gasteiger partial charge in [-0.15, -0.1) is 21.6 Å². The predicted octanol–water partition coefficient (Wildman–Crippen LogP) is 2.23. The molecule has 0 saturated heterocycles. The standard InChI is InChI=1S/C8H11P.ClH/c1-6-3-7(2)5-8(9)4-6;/h3-5H,9H2,1-2H3;1H. The van der Waals surface area contributed by atoms with E-state index in [1.165, 1.54) is 16.4 Å². The second kappa shape index (κ2) is 3.95. The van der Waals surface area contributed by atoms with Crippen molar-refractivity contribution in [3.63, 3.8) is 0 Å². The molecule has 0 radical (unpaired) electrons. The van der Waals surface area contributed by atoms with Crippen LogP contribution in [-0.4, -0.2) is 0 Å². The quantitative estimate of drug-likeness (QED) is 0.529. The summed E-state index contributed by atoms with van der Waals surface area (Å²) in [6, 6.07) is 6.48. The molecule has 0 aliphatic rings. The molecule has 1 aromatic rings. The van der Waals surface area contributed by atoms with E-state index in [4.69, 9.17) is 0 Å². The minimum absolute atomic E-state index is 0. The van der Waals surface area contributed by atoms with Crippen molar-refractivity contribution in [1.29, 1.82) is 0 Å². The Morgan fingerprint density at radius 2 is 1.40 bits per heavy atom. The van der Waals surface area contributed by atoms with E-state index in [-0.39, 0.29) is 12.4 Å². The third-order valence-electron chi connectivity index (χ3n) is 1.24. The van der Waals surface area contributed by atoms with Gasteiger partial charge in [-0.25, -0.2) is 0 Å². The molecule has 1 atom stereocenters. The highest BCUT2D eigenvalue weighted by atomic mass is 35.5. The van der Waals surface area contributed by atoms with E-state index in [2.05, 4.69) is 41.3 Å². The van der Waals surface area contributed by atoms with E-state index in [0.717, 1.165) is 0 Å². The summed E-state index contributed by atoms with van der Waals surface area (Å²) in [5.74, 6) is 0. The van der Waals surface area contributed by atoms with Crippen molar-refractivity contribution >= 4 is 27.0 Å². The molecule has 1 rings (SSSR count). The fourth-order valence-electron chi connectivity index (χ4n) is 1.01. The van der Waals surface area contributed by atoms with Crippen molar-refractivity contribution in [2.75, 3.05) is 0 Å². The Morgan fingerprint density at radius 1 is 1.00 bits per heavy atom. The van der Waals surface area contributed by atoms with Gasteiger partial charge < -0.3 is 0 Å². The van der Waals surface area contributed by atoms with Crippen LogP contribution in [-0.2, 0) is 0 Å². The number of hydrogen-bond acceptors (Lipinski definition) is 0. The molecule has 0 amide bonds. The first-order chi connectivity index (χ1) is 4.18. The van der Waals surface area contributed by atoms with Crippen LogP contribution in [0.3, 0.4) is 0 Å². The molecular formula is C8H12ClP. The fraction of sp³-hybridized carbons (Fsp3) is 0.250. The van der Waals surface area contributed by atoms with Crippen molar-refractivity contribution in [3.05, 3.63) is 29.3 Å². The average Bonchev–Trinajstić information content (AvgIpc) is 1.59. The second-order valence-electron chi connectivity index (χ2n) is 2.42. The van der Waals surface area contributed by atoms with E-state index in [9.17, 15) is 0 Å². The van der Waals surface area contributed by atoms with Gasteiger partial charge in [-0.2, -0.15) is 0 Å². The number of rotatable bonds is 0. The van der Waals surface area contributed by atoms with E-state index >= 15 is 0 Å². The van der Waals surface area contributed by atoms with E-state index in [1.54, 1.807) is 0 Å². The number of hydrogen-bond donors (Lipinski definition) is 0. The summed E-state index contributed by atoms with van der Waals surface area (Å²) in [5.41, 5.74) is 2.67. The number of aryl methyl sites for hydroxylation is 2. The first-order valence-electron chi connectivity index (χ1n) is 3.02. The Kier molecular flexibility index (Phi) is 3.93. The van der Waals surface area contributed by atoms with E-state index in [1.807, 2.05) is 0 Å². The lowest BCUT2D eigenvalue weighted by Gasteiger charge is -1.96. The van der Waals surface area contributed by atoms with Gasteiger partial charge in [0.2, 0.25) is 0 Å². The molecule has 0 spiro atoms. The molecule has 2 heteroatoms. The molecule has 56 valence electrons. The zero-order valence-corrected chi connectivity index (χ0v) is 8.19. The van der Waals surface area contributed by atoms with Gasteiger partial charge in [0.05, 0.1) is 0 Å². The Labute approximate surface area is 70.6 Å². The smallest absolute Gasteiger partial charge is 0.0297 e. The molecule has 0 aliphatic heterocycles. The summed E-state index contributed by atoms with van der Waals surface area (Å²) in [7, 11) is 2.70. The Bertz CT molecular complexity index is 170. The van der Waals surface area contributed by atoms with Crippen LogP contribution in [0, 0.1) is 13.8 Å². The number of benzene rings is 1. The van der Waals surface area contributed by atoms with Crippen LogP contribution in [0.5, 0.6) is 0 Å². The van der Waals surface area contributed by atoms with Gasteiger partial charge in [0.1, 0.15) is 0 Å². The fourth-order valence-corrected chi connectivity index (χ4v) is 1.54. The lowest BCUT2D eigenvalue weighted by atomic mass is 10.2. The highest BCUT2D eigenvalue weighted by Gasteiger charge is 1.87. The largest absolute Gasteiger partial charge is 0.147 e. The van der Waals surface area contributed by atoms with Gasteiger partial charge in [0.15, 0.2) is 0 Å². The summed E-state index contributed by atoms with van der Waals surface area (Å²) < 4.78 is 0. The van der Waals surface area contributed by atoms with Crippen LogP contribution in [0.15, 0.2) is 18.2 Å². The Hall–Kier alpha value is -0.0600. The van der Waals surface area contributed by atoms with E-state index < -0.39 is 0 Å². The number of halogens is 1. The SMILES string of the molecule is Cc1cc(C)cc(P)c1.Cl. The van der Waals surface area contributed by atoms with Crippen LogP contribution in [0.4, 0.5) is 0 Å². The van der Waals surface area contributed by atoms with Crippen LogP contribution >= 0.6 is 21.6 Å². The zero-order chi connectivity index (χ0) is 6.85. The molecule has 0 aliphatic carbocycles. The summed E-state index contributed by atoms with van der Waals surface area (Å²) >= 11 is 0. The highest BCUT2D eigenvalue weighted by Crippen LogP contribution is 2.01. The van der Waals surface area contributed by atoms with Crippen LogP contribution in [0.1, 0.15) is 11.1 Å². The monoisotopic (exact) mass is 174 g/mol. The van der Waals surface area contributed by atoms with Gasteiger partial charge in [-0.3, -0.25) is 0 Å². The van der Waals surface area contributed by atoms with Gasteiger partial charge >= 0.3 is 0 Å². The van der Waals surface area contributed by atoms with Crippen LogP contribution in [0.2, 0.25) is 0 Å². The molecule has 0 bridgehead atoms. The maximum Gasteiger partial charge on any atom is -0.0297 e. The summed E-state index contributed by atoms with van der Waals surface area (Å²) in [5, 5.41) is 1.27. The lowest BCUT2D eigenvalue weighted by molar-refractivity contribution is 1.41. The van der Waals surface area contributed by atoms with Gasteiger partial charge in [0.25, 0.3) is 0 Å². The molecule has 0 fully saturated rings. The van der Waals surface area contributed by atoms with Crippen molar-refractivity contribution in [1.82, 2.24) is 0 Å². The predicted molar refractivity (Wildman–Crippen MR) is 52.5 cm³/mol. The van der Waals surface area contributed by atoms with Crippen molar-refractivity contribution in [2.24, 2.45) is 0 Å². The van der Waals surface area contributed by atoms with Gasteiger partial charge in [0, 0.05) is 0 Å². The molecule has 0 heterocycles. The van der Waals surface area contributed by atoms with Gasteiger partial charge in [-0.05, 0) is 19.2 Å². The van der Waals surface area contributed by atoms with Crippen molar-refractivity contribution in [3.8, 4) is 0 Å². The molecule has 1 aromatic carbocycles. The normalized spacial score (nSPS) is 8.70. The summed E-state index contributed by atoms with van der Waals surface area (Å²) in [6.45, 7) is 4.22. The first kappa shape index (κ1) is 9.94. The molecule has 0 nitrogen and oxygen atoms in total. The van der Waals surface area contributed by atoms with Crippen LogP contribution < -0.4 is 5.30 Å². The minimum Gasteiger partial charge on any atom is -0.147 e. The molecule has 1 unspecified atom stereocenters. The van der Waals surface area contributed by atoms with E-state index in [0.29, 0.717) is 0 Å². The highest BCUT2D eigenvalue weighted by molar-refractivity contribution is 7.27. The van der Waals surface area contributed by atoms with Crippen molar-refractivity contribution < 1.29 is 0 Å². The topological polar surface area (TPSA) is 0 Å². The van der Waals surface area contributed by atoms with Gasteiger partial charge in [-0.1, -0.05) is 29.3 Å². The minimum atomic E-state index is 0. The first-order valence-corrected chi connectivity index (χ1v) is 3.60. The molecule has 0 aromatic heterocycles. The maximum atomic E-state index is 2.70. The second-order valence-corrected chi connectivity index (χ2v) is 3.09. The summed E-state index contributed by atoms with van der Waals surface area (Å²) in [4.78, 5) is 0. The Morgan fingerprint density at radius 3 is 1.70 bits per heavy atom. The van der Waals surface area contributed by atoms with Crippen LogP contribution in [0.25, 0.3) is 0 Å². The molecular weight excluding hydrogens is 163 g/mol. The molecule has 10 heavy (non-hydrogen) atoms.